The van der Waals surface area contributed by atoms with Crippen LogP contribution in [-0.2, 0) is 11.2 Å². The first kappa shape index (κ1) is 16.6. The Bertz CT molecular complexity index is 1020. The van der Waals surface area contributed by atoms with Gasteiger partial charge in [-0.05, 0) is 54.1 Å². The highest BCUT2D eigenvalue weighted by atomic mass is 79.9. The molecule has 3 aromatic carbocycles. The lowest BCUT2D eigenvalue weighted by Gasteiger charge is -2.06. The molecule has 1 N–H and O–H groups in total. The first-order valence-corrected chi connectivity index (χ1v) is 9.10. The van der Waals surface area contributed by atoms with Crippen molar-refractivity contribution in [1.29, 1.82) is 0 Å². The first-order valence-electron chi connectivity index (χ1n) is 8.31. The van der Waals surface area contributed by atoms with Crippen LogP contribution in [0.3, 0.4) is 0 Å². The van der Waals surface area contributed by atoms with Crippen LogP contribution in [0.15, 0.2) is 87.8 Å². The third-order valence-corrected chi connectivity index (χ3v) is 4.69. The molecule has 0 spiro atoms. The van der Waals surface area contributed by atoms with Gasteiger partial charge in [-0.15, -0.1) is 0 Å². The van der Waals surface area contributed by atoms with Crippen LogP contribution in [0.2, 0.25) is 0 Å². The van der Waals surface area contributed by atoms with Crippen LogP contribution in [0.5, 0.6) is 0 Å². The zero-order valence-corrected chi connectivity index (χ0v) is 15.5. The van der Waals surface area contributed by atoms with Gasteiger partial charge >= 0.3 is 0 Å². The molecule has 0 atom stereocenters. The van der Waals surface area contributed by atoms with Gasteiger partial charge in [-0.1, -0.05) is 46.3 Å². The topological polar surface area (TPSA) is 42.2 Å². The number of fused-ring (bicyclic) bond motifs is 1. The Balaban J connectivity index is 1.45. The minimum absolute atomic E-state index is 0.0381. The normalized spacial score (nSPS) is 10.8. The highest BCUT2D eigenvalue weighted by Crippen LogP contribution is 2.28. The average molecular weight is 406 g/mol. The lowest BCUT2D eigenvalue weighted by atomic mass is 10.1. The number of amides is 1. The Morgan fingerprint density at radius 1 is 0.923 bits per heavy atom. The van der Waals surface area contributed by atoms with Crippen LogP contribution >= 0.6 is 15.9 Å². The second-order valence-electron chi connectivity index (χ2n) is 6.08. The second kappa shape index (κ2) is 7.18. The lowest BCUT2D eigenvalue weighted by Crippen LogP contribution is -2.14. The van der Waals surface area contributed by atoms with Gasteiger partial charge in [0.15, 0.2) is 0 Å². The third-order valence-electron chi connectivity index (χ3n) is 4.16. The summed E-state index contributed by atoms with van der Waals surface area (Å²) in [6.07, 6.45) is 0.346. The zero-order chi connectivity index (χ0) is 17.9. The Labute approximate surface area is 159 Å². The minimum atomic E-state index is -0.0381. The number of furan rings is 1. The third kappa shape index (κ3) is 3.70. The lowest BCUT2D eigenvalue weighted by molar-refractivity contribution is -0.115. The molecule has 1 aromatic heterocycles. The molecule has 4 heteroatoms. The SMILES string of the molecule is O=C(Cc1ccc(Br)cc1)Nc1ccc(-c2cc3ccccc3o2)cc1. The molecular weight excluding hydrogens is 390 g/mol. The maximum atomic E-state index is 12.2. The van der Waals surface area contributed by atoms with Gasteiger partial charge in [0.2, 0.25) is 5.91 Å². The molecule has 3 nitrogen and oxygen atoms in total. The molecule has 1 heterocycles. The number of benzene rings is 3. The summed E-state index contributed by atoms with van der Waals surface area (Å²) in [6.45, 7) is 0. The standard InChI is InChI=1S/C22H16BrNO2/c23-18-9-5-15(6-10-18)13-22(25)24-19-11-7-16(8-12-19)21-14-17-3-1-2-4-20(17)26-21/h1-12,14H,13H2,(H,24,25). The Kier molecular flexibility index (Phi) is 4.59. The van der Waals surface area contributed by atoms with E-state index in [0.717, 1.165) is 38.0 Å². The van der Waals surface area contributed by atoms with Gasteiger partial charge in [-0.2, -0.15) is 0 Å². The van der Waals surface area contributed by atoms with E-state index < -0.39 is 0 Å². The molecule has 4 aromatic rings. The van der Waals surface area contributed by atoms with E-state index in [1.165, 1.54) is 0 Å². The fraction of sp³-hybridized carbons (Fsp3) is 0.0455. The van der Waals surface area contributed by atoms with Crippen molar-refractivity contribution in [3.8, 4) is 11.3 Å². The summed E-state index contributed by atoms with van der Waals surface area (Å²) < 4.78 is 6.88. The first-order chi connectivity index (χ1) is 12.7. The summed E-state index contributed by atoms with van der Waals surface area (Å²) in [5.74, 6) is 0.780. The fourth-order valence-corrected chi connectivity index (χ4v) is 3.10. The quantitative estimate of drug-likeness (QED) is 0.449. The van der Waals surface area contributed by atoms with E-state index in [0.29, 0.717) is 6.42 Å². The Morgan fingerprint density at radius 3 is 2.38 bits per heavy atom. The molecule has 0 saturated heterocycles. The Morgan fingerprint density at radius 2 is 1.65 bits per heavy atom. The molecule has 0 bridgehead atoms. The largest absolute Gasteiger partial charge is 0.456 e. The molecular formula is C22H16BrNO2. The van der Waals surface area contributed by atoms with Crippen LogP contribution in [-0.4, -0.2) is 5.91 Å². The number of rotatable bonds is 4. The molecule has 4 rings (SSSR count). The van der Waals surface area contributed by atoms with Crippen molar-refractivity contribution in [2.24, 2.45) is 0 Å². The van der Waals surface area contributed by atoms with Crippen LogP contribution < -0.4 is 5.32 Å². The number of anilines is 1. The van der Waals surface area contributed by atoms with Crippen molar-refractivity contribution in [1.82, 2.24) is 0 Å². The van der Waals surface area contributed by atoms with Crippen molar-refractivity contribution >= 4 is 38.5 Å². The fourth-order valence-electron chi connectivity index (χ4n) is 2.83. The highest BCUT2D eigenvalue weighted by molar-refractivity contribution is 9.10. The summed E-state index contributed by atoms with van der Waals surface area (Å²) in [5, 5.41) is 4.01. The summed E-state index contributed by atoms with van der Waals surface area (Å²) in [7, 11) is 0. The smallest absolute Gasteiger partial charge is 0.228 e. The van der Waals surface area contributed by atoms with Crippen molar-refractivity contribution in [2.45, 2.75) is 6.42 Å². The molecule has 0 saturated carbocycles. The molecule has 0 aliphatic heterocycles. The van der Waals surface area contributed by atoms with Gasteiger partial charge in [-0.25, -0.2) is 0 Å². The molecule has 1 amide bonds. The summed E-state index contributed by atoms with van der Waals surface area (Å²) in [5.41, 5.74) is 3.60. The van der Waals surface area contributed by atoms with E-state index in [2.05, 4.69) is 21.2 Å². The van der Waals surface area contributed by atoms with Gasteiger partial charge in [0.05, 0.1) is 6.42 Å². The van der Waals surface area contributed by atoms with E-state index in [1.807, 2.05) is 78.9 Å². The van der Waals surface area contributed by atoms with E-state index in [-0.39, 0.29) is 5.91 Å². The minimum Gasteiger partial charge on any atom is -0.456 e. The maximum absolute atomic E-state index is 12.2. The molecule has 0 radical (unpaired) electrons. The molecule has 0 aliphatic rings. The van der Waals surface area contributed by atoms with Crippen molar-refractivity contribution in [3.05, 3.63) is 88.9 Å². The average Bonchev–Trinajstić information content (AvgIpc) is 3.08. The molecule has 0 unspecified atom stereocenters. The van der Waals surface area contributed by atoms with Gasteiger partial charge in [-0.3, -0.25) is 4.79 Å². The molecule has 0 aliphatic carbocycles. The van der Waals surface area contributed by atoms with Crippen molar-refractivity contribution in [2.75, 3.05) is 5.32 Å². The number of halogens is 1. The molecule has 0 fully saturated rings. The van der Waals surface area contributed by atoms with E-state index in [1.54, 1.807) is 0 Å². The van der Waals surface area contributed by atoms with E-state index in [4.69, 9.17) is 4.42 Å². The number of hydrogen-bond acceptors (Lipinski definition) is 2. The van der Waals surface area contributed by atoms with Crippen LogP contribution in [0.1, 0.15) is 5.56 Å². The highest BCUT2D eigenvalue weighted by Gasteiger charge is 2.07. The number of hydrogen-bond donors (Lipinski definition) is 1. The van der Waals surface area contributed by atoms with Crippen LogP contribution in [0, 0.1) is 0 Å². The van der Waals surface area contributed by atoms with Crippen molar-refractivity contribution < 1.29 is 9.21 Å². The number of carbonyl (C=O) groups is 1. The van der Waals surface area contributed by atoms with Crippen LogP contribution in [0.25, 0.3) is 22.3 Å². The molecule has 128 valence electrons. The number of nitrogens with one attached hydrogen (secondary N) is 1. The van der Waals surface area contributed by atoms with Gasteiger partial charge in [0, 0.05) is 21.1 Å². The number of carbonyl (C=O) groups excluding carboxylic acids is 1. The van der Waals surface area contributed by atoms with E-state index >= 15 is 0 Å². The number of para-hydroxylation sites is 1. The van der Waals surface area contributed by atoms with Crippen LogP contribution in [0.4, 0.5) is 5.69 Å². The predicted molar refractivity (Wildman–Crippen MR) is 108 cm³/mol. The Hall–Kier alpha value is -2.85. The summed E-state index contributed by atoms with van der Waals surface area (Å²) >= 11 is 3.39. The molecule has 26 heavy (non-hydrogen) atoms. The second-order valence-corrected chi connectivity index (χ2v) is 6.99. The monoisotopic (exact) mass is 405 g/mol. The maximum Gasteiger partial charge on any atom is 0.228 e. The van der Waals surface area contributed by atoms with E-state index in [9.17, 15) is 4.79 Å². The van der Waals surface area contributed by atoms with Gasteiger partial charge in [0.25, 0.3) is 0 Å². The summed E-state index contributed by atoms with van der Waals surface area (Å²) in [6, 6.07) is 25.4. The van der Waals surface area contributed by atoms with Gasteiger partial charge in [0.1, 0.15) is 11.3 Å². The predicted octanol–water partition coefficient (Wildman–Crippen LogP) is 6.04. The van der Waals surface area contributed by atoms with Gasteiger partial charge < -0.3 is 9.73 Å². The summed E-state index contributed by atoms with van der Waals surface area (Å²) in [4.78, 5) is 12.2. The van der Waals surface area contributed by atoms with Crippen molar-refractivity contribution in [3.63, 3.8) is 0 Å². The zero-order valence-electron chi connectivity index (χ0n) is 13.9.